The highest BCUT2D eigenvalue weighted by atomic mass is 16.2. The molecule has 3 N–H and O–H groups in total. The van der Waals surface area contributed by atoms with E-state index in [2.05, 4.69) is 10.2 Å². The van der Waals surface area contributed by atoms with Crippen molar-refractivity contribution >= 4 is 23.6 Å². The highest BCUT2D eigenvalue weighted by Crippen LogP contribution is 2.45. The minimum atomic E-state index is -0.942. The van der Waals surface area contributed by atoms with Gasteiger partial charge in [0.15, 0.2) is 0 Å². The van der Waals surface area contributed by atoms with Crippen LogP contribution in [0.25, 0.3) is 0 Å². The fraction of sp³-hybridized carbons (Fsp3) is 0.500. The van der Waals surface area contributed by atoms with E-state index >= 15 is 0 Å². The maximum absolute atomic E-state index is 13.1. The fourth-order valence-corrected chi connectivity index (χ4v) is 4.24. The molecule has 1 aliphatic carbocycles. The summed E-state index contributed by atoms with van der Waals surface area (Å²) in [6, 6.07) is 4.28. The molecular weight excluding hydrogens is 360 g/mol. The van der Waals surface area contributed by atoms with E-state index in [1.807, 2.05) is 13.1 Å². The van der Waals surface area contributed by atoms with E-state index in [9.17, 15) is 19.2 Å². The first-order chi connectivity index (χ1) is 13.3. The van der Waals surface area contributed by atoms with Crippen LogP contribution in [0.2, 0.25) is 0 Å². The summed E-state index contributed by atoms with van der Waals surface area (Å²) < 4.78 is 0. The van der Waals surface area contributed by atoms with Gasteiger partial charge in [-0.1, -0.05) is 12.1 Å². The van der Waals surface area contributed by atoms with Gasteiger partial charge in [-0.05, 0) is 49.9 Å². The van der Waals surface area contributed by atoms with Crippen molar-refractivity contribution in [1.82, 2.24) is 15.1 Å². The van der Waals surface area contributed by atoms with Gasteiger partial charge in [0.05, 0.1) is 11.1 Å². The molecule has 148 valence electrons. The van der Waals surface area contributed by atoms with Crippen LogP contribution in [0, 0.1) is 5.41 Å². The zero-order valence-corrected chi connectivity index (χ0v) is 15.9. The molecule has 0 aromatic heterocycles. The molecule has 28 heavy (non-hydrogen) atoms. The van der Waals surface area contributed by atoms with Crippen molar-refractivity contribution in [2.24, 2.45) is 11.1 Å². The zero-order valence-electron chi connectivity index (χ0n) is 15.9. The number of nitrogens with one attached hydrogen (secondary N) is 1. The molecule has 2 aliphatic heterocycles. The monoisotopic (exact) mass is 384 g/mol. The second-order valence-corrected chi connectivity index (χ2v) is 8.16. The normalized spacial score (nSPS) is 23.2. The molecule has 1 unspecified atom stereocenters. The molecule has 0 bridgehead atoms. The number of hydrogen-bond acceptors (Lipinski definition) is 6. The Morgan fingerprint density at radius 2 is 1.96 bits per heavy atom. The maximum atomic E-state index is 13.1. The Balaban J connectivity index is 1.57. The Morgan fingerprint density at radius 1 is 1.21 bits per heavy atom. The van der Waals surface area contributed by atoms with Gasteiger partial charge in [-0.3, -0.25) is 29.4 Å². The van der Waals surface area contributed by atoms with E-state index < -0.39 is 23.8 Å². The van der Waals surface area contributed by atoms with Crippen LogP contribution in [0.5, 0.6) is 0 Å². The van der Waals surface area contributed by atoms with Gasteiger partial charge in [0, 0.05) is 19.5 Å². The molecule has 2 fully saturated rings. The van der Waals surface area contributed by atoms with Gasteiger partial charge in [-0.25, -0.2) is 0 Å². The fourth-order valence-electron chi connectivity index (χ4n) is 4.24. The Kier molecular flexibility index (Phi) is 4.55. The van der Waals surface area contributed by atoms with Crippen molar-refractivity contribution in [3.8, 4) is 0 Å². The summed E-state index contributed by atoms with van der Waals surface area (Å²) in [5, 5.41) is 2.22. The van der Waals surface area contributed by atoms with Crippen LogP contribution in [0.3, 0.4) is 0 Å². The molecule has 3 aliphatic rings. The van der Waals surface area contributed by atoms with Crippen LogP contribution in [-0.4, -0.2) is 59.6 Å². The molecule has 8 nitrogen and oxygen atoms in total. The number of benzene rings is 1. The quantitative estimate of drug-likeness (QED) is 0.680. The van der Waals surface area contributed by atoms with Crippen LogP contribution >= 0.6 is 0 Å². The average molecular weight is 384 g/mol. The lowest BCUT2D eigenvalue weighted by Gasteiger charge is -2.28. The van der Waals surface area contributed by atoms with Gasteiger partial charge in [0.2, 0.25) is 11.8 Å². The predicted molar refractivity (Wildman–Crippen MR) is 100 cm³/mol. The number of nitrogens with zero attached hydrogens (tertiary/aromatic N) is 2. The summed E-state index contributed by atoms with van der Waals surface area (Å²) in [6.45, 7) is 2.00. The number of hydrogen-bond donors (Lipinski definition) is 2. The van der Waals surface area contributed by atoms with Crippen molar-refractivity contribution in [2.45, 2.75) is 38.3 Å². The highest BCUT2D eigenvalue weighted by Gasteiger charge is 2.46. The Bertz CT molecular complexity index is 877. The van der Waals surface area contributed by atoms with E-state index in [1.165, 1.54) is 0 Å². The Morgan fingerprint density at radius 3 is 2.61 bits per heavy atom. The summed E-state index contributed by atoms with van der Waals surface area (Å²) in [7, 11) is 1.98. The van der Waals surface area contributed by atoms with Gasteiger partial charge >= 0.3 is 0 Å². The second-order valence-electron chi connectivity index (χ2n) is 8.16. The number of carbonyl (C=O) groups excluding carboxylic acids is 4. The van der Waals surface area contributed by atoms with E-state index in [0.29, 0.717) is 24.2 Å². The number of carbonyl (C=O) groups is 4. The minimum Gasteiger partial charge on any atom is -0.330 e. The smallest absolute Gasteiger partial charge is 0.262 e. The molecule has 0 spiro atoms. The molecule has 0 radical (unpaired) electrons. The largest absolute Gasteiger partial charge is 0.330 e. The number of fused-ring (bicyclic) bond motifs is 1. The number of rotatable bonds is 6. The number of imide groups is 2. The molecule has 8 heteroatoms. The third-order valence-electron chi connectivity index (χ3n) is 5.99. The van der Waals surface area contributed by atoms with Gasteiger partial charge in [0.25, 0.3) is 11.8 Å². The number of nitrogens with two attached hydrogens (primary N) is 1. The topological polar surface area (TPSA) is 113 Å². The Labute approximate surface area is 163 Å². The van der Waals surface area contributed by atoms with Crippen LogP contribution < -0.4 is 11.1 Å². The number of amides is 4. The molecule has 1 saturated carbocycles. The summed E-state index contributed by atoms with van der Waals surface area (Å²) in [6.07, 6.45) is 2.49. The SMILES string of the molecule is CN(Cc1cccc2c1C(=O)N(C1CCC(=O)NC1=O)C2=O)CC1(CN)CC1. The van der Waals surface area contributed by atoms with Gasteiger partial charge < -0.3 is 10.6 Å². The summed E-state index contributed by atoms with van der Waals surface area (Å²) in [5.41, 5.74) is 7.49. The summed E-state index contributed by atoms with van der Waals surface area (Å²) in [4.78, 5) is 52.7. The first-order valence-electron chi connectivity index (χ1n) is 9.57. The van der Waals surface area contributed by atoms with E-state index in [1.54, 1.807) is 12.1 Å². The summed E-state index contributed by atoms with van der Waals surface area (Å²) >= 11 is 0. The number of piperidine rings is 1. The third-order valence-corrected chi connectivity index (χ3v) is 5.99. The van der Waals surface area contributed by atoms with Crippen molar-refractivity contribution < 1.29 is 19.2 Å². The van der Waals surface area contributed by atoms with E-state index in [4.69, 9.17) is 5.73 Å². The molecule has 1 aromatic carbocycles. The third kappa shape index (κ3) is 3.12. The van der Waals surface area contributed by atoms with Gasteiger partial charge in [-0.15, -0.1) is 0 Å². The maximum Gasteiger partial charge on any atom is 0.262 e. The highest BCUT2D eigenvalue weighted by molar-refractivity contribution is 6.24. The van der Waals surface area contributed by atoms with E-state index in [-0.39, 0.29) is 24.2 Å². The molecule has 1 saturated heterocycles. The lowest BCUT2D eigenvalue weighted by molar-refractivity contribution is -0.136. The minimum absolute atomic E-state index is 0.112. The van der Waals surface area contributed by atoms with Gasteiger partial charge in [-0.2, -0.15) is 0 Å². The van der Waals surface area contributed by atoms with Crippen molar-refractivity contribution in [2.75, 3.05) is 20.1 Å². The molecule has 1 atom stereocenters. The van der Waals surface area contributed by atoms with Crippen molar-refractivity contribution in [1.29, 1.82) is 0 Å². The average Bonchev–Trinajstić information content (AvgIpc) is 3.37. The molecule has 4 rings (SSSR count). The first kappa shape index (κ1) is 18.8. The zero-order chi connectivity index (χ0) is 20.1. The lowest BCUT2D eigenvalue weighted by atomic mass is 10.0. The lowest BCUT2D eigenvalue weighted by Crippen LogP contribution is -2.54. The molecule has 1 aromatic rings. The second kappa shape index (κ2) is 6.79. The van der Waals surface area contributed by atoms with Gasteiger partial charge in [0.1, 0.15) is 6.04 Å². The molecular formula is C20H24N4O4. The molecule has 2 heterocycles. The van der Waals surface area contributed by atoms with Crippen LogP contribution in [0.4, 0.5) is 0 Å². The van der Waals surface area contributed by atoms with Crippen LogP contribution in [0.1, 0.15) is 52.0 Å². The predicted octanol–water partition coefficient (Wildman–Crippen LogP) is 0.259. The standard InChI is InChI=1S/C20H24N4O4/c1-23(11-20(10-21)7-8-20)9-12-3-2-4-13-16(12)19(28)24(18(13)27)14-5-6-15(25)22-17(14)26/h2-4,14H,5-11,21H2,1H3,(H,22,25,26). The first-order valence-corrected chi connectivity index (χ1v) is 9.57. The summed E-state index contributed by atoms with van der Waals surface area (Å²) in [5.74, 6) is -1.91. The Hall–Kier alpha value is -2.58. The van der Waals surface area contributed by atoms with Crippen LogP contribution in [0.15, 0.2) is 18.2 Å². The van der Waals surface area contributed by atoms with E-state index in [0.717, 1.165) is 29.8 Å². The van der Waals surface area contributed by atoms with Crippen LogP contribution in [-0.2, 0) is 16.1 Å². The molecule has 4 amide bonds. The van der Waals surface area contributed by atoms with Crippen molar-refractivity contribution in [3.63, 3.8) is 0 Å². The van der Waals surface area contributed by atoms with Crippen molar-refractivity contribution in [3.05, 3.63) is 34.9 Å².